The van der Waals surface area contributed by atoms with Crippen LogP contribution < -0.4 is 15.5 Å². The molecule has 2 heterocycles. The number of benzene rings is 1. The number of hydrogen-bond acceptors (Lipinski definition) is 7. The summed E-state index contributed by atoms with van der Waals surface area (Å²) < 4.78 is 7.46. The van der Waals surface area contributed by atoms with Gasteiger partial charge in [-0.1, -0.05) is 48.7 Å². The Morgan fingerprint density at radius 1 is 1.09 bits per heavy atom. The first kappa shape index (κ1) is 23.6. The lowest BCUT2D eigenvalue weighted by molar-refractivity contribution is -0.119. The van der Waals surface area contributed by atoms with Crippen LogP contribution in [0.3, 0.4) is 0 Å². The molecule has 4 rings (SSSR count). The zero-order valence-electron chi connectivity index (χ0n) is 19.2. The zero-order chi connectivity index (χ0) is 23.2. The lowest BCUT2D eigenvalue weighted by Crippen LogP contribution is -2.47. The predicted molar refractivity (Wildman–Crippen MR) is 128 cm³/mol. The summed E-state index contributed by atoms with van der Waals surface area (Å²) >= 11 is 1.29. The number of aryl methyl sites for hydroxylation is 1. The second-order valence-corrected chi connectivity index (χ2v) is 9.92. The third-order valence-electron chi connectivity index (χ3n) is 6.03. The van der Waals surface area contributed by atoms with Gasteiger partial charge in [0.1, 0.15) is 0 Å². The molecule has 2 aliphatic rings. The molecule has 1 saturated carbocycles. The van der Waals surface area contributed by atoms with Crippen LogP contribution in [0.2, 0.25) is 0 Å². The number of thioether (sulfide) groups is 1. The molecule has 0 bridgehead atoms. The average Bonchev–Trinajstić information content (AvgIpc) is 3.24. The van der Waals surface area contributed by atoms with Gasteiger partial charge in [0.15, 0.2) is 5.16 Å². The summed E-state index contributed by atoms with van der Waals surface area (Å²) in [5.41, 5.74) is 2.09. The summed E-state index contributed by atoms with van der Waals surface area (Å²) in [6, 6.07) is 7.85. The summed E-state index contributed by atoms with van der Waals surface area (Å²) in [5, 5.41) is 14.3. The Bertz CT molecular complexity index is 952. The number of amides is 3. The number of aromatic nitrogens is 3. The van der Waals surface area contributed by atoms with Gasteiger partial charge < -0.3 is 15.0 Å². The smallest absolute Gasteiger partial charge is 0.321 e. The van der Waals surface area contributed by atoms with Crippen molar-refractivity contribution in [1.29, 1.82) is 0 Å². The van der Waals surface area contributed by atoms with E-state index in [0.717, 1.165) is 56.0 Å². The van der Waals surface area contributed by atoms with Crippen molar-refractivity contribution in [1.82, 2.24) is 25.4 Å². The molecule has 10 heteroatoms. The molecule has 9 nitrogen and oxygen atoms in total. The maximum atomic E-state index is 12.7. The van der Waals surface area contributed by atoms with E-state index < -0.39 is 11.3 Å². The monoisotopic (exact) mass is 472 g/mol. The van der Waals surface area contributed by atoms with E-state index in [2.05, 4.69) is 25.7 Å². The number of morpholine rings is 1. The predicted octanol–water partition coefficient (Wildman–Crippen LogP) is 3.05. The van der Waals surface area contributed by atoms with Crippen molar-refractivity contribution in [2.45, 2.75) is 62.4 Å². The minimum absolute atomic E-state index is 0.148. The SMILES string of the molecule is Cc1ccc(-n2c(SC(C)C(=O)NC(=O)NC3CCCCC3)nnc2N2CCOCC2)cc1. The third-order valence-corrected chi connectivity index (χ3v) is 7.07. The van der Waals surface area contributed by atoms with E-state index in [0.29, 0.717) is 18.4 Å². The molecule has 178 valence electrons. The first-order valence-corrected chi connectivity index (χ1v) is 12.5. The van der Waals surface area contributed by atoms with Gasteiger partial charge in [-0.2, -0.15) is 0 Å². The number of imide groups is 1. The Morgan fingerprint density at radius 3 is 2.48 bits per heavy atom. The van der Waals surface area contributed by atoms with Crippen LogP contribution in [0.1, 0.15) is 44.6 Å². The van der Waals surface area contributed by atoms with Crippen molar-refractivity contribution < 1.29 is 14.3 Å². The molecule has 1 aliphatic heterocycles. The average molecular weight is 473 g/mol. The van der Waals surface area contributed by atoms with Gasteiger partial charge in [-0.25, -0.2) is 4.79 Å². The fourth-order valence-electron chi connectivity index (χ4n) is 4.12. The minimum Gasteiger partial charge on any atom is -0.378 e. The van der Waals surface area contributed by atoms with Gasteiger partial charge in [0, 0.05) is 19.1 Å². The summed E-state index contributed by atoms with van der Waals surface area (Å²) in [4.78, 5) is 27.2. The summed E-state index contributed by atoms with van der Waals surface area (Å²) in [5.74, 6) is 0.381. The van der Waals surface area contributed by atoms with Crippen molar-refractivity contribution in [2.24, 2.45) is 0 Å². The number of carbonyl (C=O) groups is 2. The van der Waals surface area contributed by atoms with Gasteiger partial charge in [0.2, 0.25) is 11.9 Å². The quantitative estimate of drug-likeness (QED) is 0.623. The van der Waals surface area contributed by atoms with E-state index in [1.165, 1.54) is 18.2 Å². The van der Waals surface area contributed by atoms with Crippen LogP contribution in [0.5, 0.6) is 0 Å². The molecule has 1 saturated heterocycles. The van der Waals surface area contributed by atoms with E-state index >= 15 is 0 Å². The third kappa shape index (κ3) is 6.05. The van der Waals surface area contributed by atoms with Crippen LogP contribution >= 0.6 is 11.8 Å². The topological polar surface area (TPSA) is 101 Å². The van der Waals surface area contributed by atoms with E-state index in [9.17, 15) is 9.59 Å². The molecule has 0 radical (unpaired) electrons. The Kier molecular flexibility index (Phi) is 7.87. The normalized spacial score (nSPS) is 18.1. The number of nitrogens with zero attached hydrogens (tertiary/aromatic N) is 4. The summed E-state index contributed by atoms with van der Waals surface area (Å²) in [6.07, 6.45) is 5.38. The number of urea groups is 1. The second-order valence-electron chi connectivity index (χ2n) is 8.61. The second kappa shape index (κ2) is 11.0. The molecule has 2 aromatic rings. The number of carbonyl (C=O) groups excluding carboxylic acids is 2. The molecule has 3 amide bonds. The standard InChI is InChI=1S/C23H32N6O3S/c1-16-8-10-19(11-9-16)29-22(28-12-14-32-15-13-28)26-27-23(29)33-17(2)20(30)25-21(31)24-18-6-4-3-5-7-18/h8-11,17-18H,3-7,12-15H2,1-2H3,(H2,24,25,30,31). The Hall–Kier alpha value is -2.59. The van der Waals surface area contributed by atoms with Gasteiger partial charge in [-0.3, -0.25) is 14.7 Å². The zero-order valence-corrected chi connectivity index (χ0v) is 20.1. The molecule has 1 atom stereocenters. The van der Waals surface area contributed by atoms with E-state index in [1.54, 1.807) is 6.92 Å². The van der Waals surface area contributed by atoms with Crippen LogP contribution in [0.15, 0.2) is 29.4 Å². The number of ether oxygens (including phenoxy) is 1. The molecule has 1 aromatic carbocycles. The highest BCUT2D eigenvalue weighted by atomic mass is 32.2. The highest BCUT2D eigenvalue weighted by Crippen LogP contribution is 2.30. The van der Waals surface area contributed by atoms with E-state index in [4.69, 9.17) is 4.74 Å². The van der Waals surface area contributed by atoms with Crippen molar-refractivity contribution in [3.05, 3.63) is 29.8 Å². The largest absolute Gasteiger partial charge is 0.378 e. The Balaban J connectivity index is 1.47. The van der Waals surface area contributed by atoms with Gasteiger partial charge >= 0.3 is 6.03 Å². The lowest BCUT2D eigenvalue weighted by Gasteiger charge is -2.28. The maximum Gasteiger partial charge on any atom is 0.321 e. The molecule has 1 unspecified atom stereocenters. The number of nitrogens with one attached hydrogen (secondary N) is 2. The summed E-state index contributed by atoms with van der Waals surface area (Å²) in [6.45, 7) is 6.55. The molecule has 1 aliphatic carbocycles. The Morgan fingerprint density at radius 2 is 1.79 bits per heavy atom. The van der Waals surface area contributed by atoms with Crippen molar-refractivity contribution in [3.63, 3.8) is 0 Å². The molecular weight excluding hydrogens is 440 g/mol. The molecule has 0 spiro atoms. The summed E-state index contributed by atoms with van der Waals surface area (Å²) in [7, 11) is 0. The van der Waals surface area contributed by atoms with Gasteiger partial charge in [0.25, 0.3) is 0 Å². The lowest BCUT2D eigenvalue weighted by atomic mass is 9.96. The van der Waals surface area contributed by atoms with Crippen molar-refractivity contribution in [2.75, 3.05) is 31.2 Å². The highest BCUT2D eigenvalue weighted by Gasteiger charge is 2.26. The number of hydrogen-bond donors (Lipinski definition) is 2. The van der Waals surface area contributed by atoms with Gasteiger partial charge in [-0.15, -0.1) is 10.2 Å². The molecule has 33 heavy (non-hydrogen) atoms. The highest BCUT2D eigenvalue weighted by molar-refractivity contribution is 8.00. The number of rotatable bonds is 6. The van der Waals surface area contributed by atoms with Crippen LogP contribution in [0.4, 0.5) is 10.7 Å². The van der Waals surface area contributed by atoms with E-state index in [-0.39, 0.29) is 11.9 Å². The van der Waals surface area contributed by atoms with Gasteiger partial charge in [0.05, 0.1) is 24.2 Å². The van der Waals surface area contributed by atoms with Crippen LogP contribution in [0.25, 0.3) is 5.69 Å². The van der Waals surface area contributed by atoms with E-state index in [1.807, 2.05) is 35.8 Å². The fraction of sp³-hybridized carbons (Fsp3) is 0.565. The fourth-order valence-corrected chi connectivity index (χ4v) is 4.98. The minimum atomic E-state index is -0.520. The molecule has 2 fully saturated rings. The first-order valence-electron chi connectivity index (χ1n) is 11.6. The number of anilines is 1. The van der Waals surface area contributed by atoms with Crippen molar-refractivity contribution >= 4 is 29.6 Å². The van der Waals surface area contributed by atoms with Gasteiger partial charge in [-0.05, 0) is 38.8 Å². The van der Waals surface area contributed by atoms with Crippen LogP contribution in [-0.4, -0.2) is 64.3 Å². The Labute approximate surface area is 198 Å². The first-order chi connectivity index (χ1) is 16.0. The molecule has 1 aromatic heterocycles. The maximum absolute atomic E-state index is 12.7. The van der Waals surface area contributed by atoms with Crippen LogP contribution in [0, 0.1) is 6.92 Å². The van der Waals surface area contributed by atoms with Crippen molar-refractivity contribution in [3.8, 4) is 5.69 Å². The molecular formula is C23H32N6O3S. The molecule has 2 N–H and O–H groups in total. The van der Waals surface area contributed by atoms with Crippen LogP contribution in [-0.2, 0) is 9.53 Å².